The minimum atomic E-state index is -0.372. The Morgan fingerprint density at radius 1 is 1.03 bits per heavy atom. The van der Waals surface area contributed by atoms with Gasteiger partial charge in [0.1, 0.15) is 5.82 Å². The summed E-state index contributed by atoms with van der Waals surface area (Å²) < 4.78 is 13.1. The molecular formula is C23H22FN3O2S. The van der Waals surface area contributed by atoms with Gasteiger partial charge in [-0.3, -0.25) is 14.5 Å². The Balaban J connectivity index is 1.42. The van der Waals surface area contributed by atoms with Gasteiger partial charge in [0.25, 0.3) is 5.91 Å². The number of benzene rings is 2. The van der Waals surface area contributed by atoms with E-state index in [-0.39, 0.29) is 30.2 Å². The highest BCUT2D eigenvalue weighted by molar-refractivity contribution is 7.10. The van der Waals surface area contributed by atoms with E-state index in [0.29, 0.717) is 16.9 Å². The third-order valence-corrected chi connectivity index (χ3v) is 6.10. The van der Waals surface area contributed by atoms with Crippen molar-refractivity contribution in [2.24, 2.45) is 0 Å². The lowest BCUT2D eigenvalue weighted by Crippen LogP contribution is -2.33. The van der Waals surface area contributed by atoms with Crippen molar-refractivity contribution >= 4 is 34.5 Å². The third kappa shape index (κ3) is 4.75. The summed E-state index contributed by atoms with van der Waals surface area (Å²) in [6, 6.07) is 16.8. The molecular weight excluding hydrogens is 401 g/mol. The second-order valence-electron chi connectivity index (χ2n) is 7.20. The number of anilines is 2. The van der Waals surface area contributed by atoms with Crippen LogP contribution in [0.2, 0.25) is 0 Å². The minimum Gasteiger partial charge on any atom is -0.324 e. The second-order valence-corrected chi connectivity index (χ2v) is 8.18. The summed E-state index contributed by atoms with van der Waals surface area (Å²) in [5, 5.41) is 7.67. The van der Waals surface area contributed by atoms with E-state index in [1.54, 1.807) is 35.6 Å². The van der Waals surface area contributed by atoms with Crippen LogP contribution in [0.5, 0.6) is 0 Å². The number of para-hydroxylation sites is 1. The van der Waals surface area contributed by atoms with E-state index < -0.39 is 0 Å². The summed E-state index contributed by atoms with van der Waals surface area (Å²) in [4.78, 5) is 28.9. The van der Waals surface area contributed by atoms with Crippen molar-refractivity contribution in [3.63, 3.8) is 0 Å². The molecule has 4 rings (SSSR count). The zero-order valence-corrected chi connectivity index (χ0v) is 17.1. The number of carbonyl (C=O) groups is 2. The zero-order chi connectivity index (χ0) is 20.9. The van der Waals surface area contributed by atoms with E-state index in [1.807, 2.05) is 6.07 Å². The minimum absolute atomic E-state index is 0.152. The Bertz CT molecular complexity index is 1020. The summed E-state index contributed by atoms with van der Waals surface area (Å²) in [5.41, 5.74) is 1.29. The molecule has 0 unspecified atom stereocenters. The fourth-order valence-electron chi connectivity index (χ4n) is 3.71. The number of likely N-dealkylation sites (tertiary alicyclic amines) is 1. The van der Waals surface area contributed by atoms with Crippen molar-refractivity contribution in [2.45, 2.75) is 18.9 Å². The lowest BCUT2D eigenvalue weighted by atomic mass is 10.1. The summed E-state index contributed by atoms with van der Waals surface area (Å²) in [5.74, 6) is -0.890. The van der Waals surface area contributed by atoms with Gasteiger partial charge in [0, 0.05) is 16.6 Å². The first-order chi connectivity index (χ1) is 14.6. The summed E-state index contributed by atoms with van der Waals surface area (Å²) in [6.07, 6.45) is 2.11. The van der Waals surface area contributed by atoms with Crippen molar-refractivity contribution < 1.29 is 14.0 Å². The molecule has 2 aromatic carbocycles. The molecule has 1 atom stereocenters. The molecule has 2 heterocycles. The van der Waals surface area contributed by atoms with Crippen LogP contribution in [0.25, 0.3) is 0 Å². The molecule has 0 radical (unpaired) electrons. The normalized spacial score (nSPS) is 16.4. The Hall–Kier alpha value is -3.03. The molecule has 3 aromatic rings. The Morgan fingerprint density at radius 3 is 2.60 bits per heavy atom. The quantitative estimate of drug-likeness (QED) is 0.592. The molecule has 0 aliphatic carbocycles. The maximum absolute atomic E-state index is 13.1. The maximum atomic E-state index is 13.1. The van der Waals surface area contributed by atoms with Gasteiger partial charge in [0.15, 0.2) is 0 Å². The van der Waals surface area contributed by atoms with Crippen LogP contribution < -0.4 is 10.6 Å². The standard InChI is InChI=1S/C23H22FN3O2S/c24-16-9-11-17(12-10-16)25-23(29)18-5-1-2-6-19(18)26-22(28)15-27-13-3-7-20(27)21-8-4-14-30-21/h1-2,4-6,8-12,14,20H,3,7,13,15H2,(H,25,29)(H,26,28)/t20-/m0/s1. The molecule has 154 valence electrons. The topological polar surface area (TPSA) is 61.4 Å². The van der Waals surface area contributed by atoms with Crippen LogP contribution in [0, 0.1) is 5.82 Å². The Labute approximate surface area is 178 Å². The van der Waals surface area contributed by atoms with Crippen LogP contribution in [-0.4, -0.2) is 29.8 Å². The molecule has 1 aliphatic heterocycles. The predicted octanol–water partition coefficient (Wildman–Crippen LogP) is 4.92. The average molecular weight is 424 g/mol. The van der Waals surface area contributed by atoms with Crippen molar-refractivity contribution in [3.8, 4) is 0 Å². The molecule has 1 fully saturated rings. The highest BCUT2D eigenvalue weighted by atomic mass is 32.1. The molecule has 0 saturated carbocycles. The van der Waals surface area contributed by atoms with Gasteiger partial charge in [-0.2, -0.15) is 0 Å². The highest BCUT2D eigenvalue weighted by Gasteiger charge is 2.28. The predicted molar refractivity (Wildman–Crippen MR) is 117 cm³/mol. The van der Waals surface area contributed by atoms with Gasteiger partial charge in [-0.05, 0) is 67.2 Å². The summed E-state index contributed by atoms with van der Waals surface area (Å²) >= 11 is 1.71. The number of hydrogen-bond donors (Lipinski definition) is 2. The fraction of sp³-hybridized carbons (Fsp3) is 0.217. The molecule has 0 bridgehead atoms. The van der Waals surface area contributed by atoms with E-state index in [4.69, 9.17) is 0 Å². The molecule has 7 heteroatoms. The number of hydrogen-bond acceptors (Lipinski definition) is 4. The summed E-state index contributed by atoms with van der Waals surface area (Å²) in [7, 11) is 0. The van der Waals surface area contributed by atoms with Crippen LogP contribution in [-0.2, 0) is 4.79 Å². The second kappa shape index (κ2) is 9.19. The van der Waals surface area contributed by atoms with Crippen molar-refractivity contribution in [1.82, 2.24) is 4.90 Å². The molecule has 1 saturated heterocycles. The zero-order valence-electron chi connectivity index (χ0n) is 16.3. The molecule has 5 nitrogen and oxygen atoms in total. The molecule has 30 heavy (non-hydrogen) atoms. The van der Waals surface area contributed by atoms with E-state index >= 15 is 0 Å². The molecule has 1 aromatic heterocycles. The van der Waals surface area contributed by atoms with Crippen molar-refractivity contribution in [2.75, 3.05) is 23.7 Å². The van der Waals surface area contributed by atoms with Crippen molar-refractivity contribution in [3.05, 3.63) is 82.3 Å². The van der Waals surface area contributed by atoms with Crippen LogP contribution in [0.15, 0.2) is 66.0 Å². The largest absolute Gasteiger partial charge is 0.324 e. The lowest BCUT2D eigenvalue weighted by Gasteiger charge is -2.23. The van der Waals surface area contributed by atoms with Gasteiger partial charge in [0.05, 0.1) is 17.8 Å². The molecule has 1 aliphatic rings. The summed E-state index contributed by atoms with van der Waals surface area (Å²) in [6.45, 7) is 1.15. The van der Waals surface area contributed by atoms with E-state index in [1.165, 1.54) is 29.1 Å². The number of halogens is 1. The fourth-order valence-corrected chi connectivity index (χ4v) is 4.61. The molecule has 2 N–H and O–H groups in total. The number of nitrogens with one attached hydrogen (secondary N) is 2. The van der Waals surface area contributed by atoms with Gasteiger partial charge in [-0.1, -0.05) is 18.2 Å². The first-order valence-corrected chi connectivity index (χ1v) is 10.7. The first kappa shape index (κ1) is 20.3. The average Bonchev–Trinajstić information content (AvgIpc) is 3.41. The van der Waals surface area contributed by atoms with Crippen LogP contribution >= 0.6 is 11.3 Å². The van der Waals surface area contributed by atoms with Crippen LogP contribution in [0.3, 0.4) is 0 Å². The number of nitrogens with zero attached hydrogens (tertiary/aromatic N) is 1. The molecule has 2 amide bonds. The SMILES string of the molecule is O=C(CN1CCC[C@H]1c1cccs1)Nc1ccccc1C(=O)Nc1ccc(F)cc1. The van der Waals surface area contributed by atoms with Gasteiger partial charge < -0.3 is 10.6 Å². The van der Waals surface area contributed by atoms with Gasteiger partial charge in [-0.15, -0.1) is 11.3 Å². The smallest absolute Gasteiger partial charge is 0.257 e. The third-order valence-electron chi connectivity index (χ3n) is 5.13. The maximum Gasteiger partial charge on any atom is 0.257 e. The lowest BCUT2D eigenvalue weighted by molar-refractivity contribution is -0.117. The van der Waals surface area contributed by atoms with Crippen LogP contribution in [0.1, 0.15) is 34.1 Å². The number of amides is 2. The monoisotopic (exact) mass is 423 g/mol. The number of carbonyl (C=O) groups excluding carboxylic acids is 2. The van der Waals surface area contributed by atoms with Crippen LogP contribution in [0.4, 0.5) is 15.8 Å². The Morgan fingerprint density at radius 2 is 1.83 bits per heavy atom. The highest BCUT2D eigenvalue weighted by Crippen LogP contribution is 2.34. The van der Waals surface area contributed by atoms with Gasteiger partial charge >= 0.3 is 0 Å². The first-order valence-electron chi connectivity index (χ1n) is 9.83. The van der Waals surface area contributed by atoms with E-state index in [2.05, 4.69) is 27.0 Å². The Kier molecular flexibility index (Phi) is 6.21. The van der Waals surface area contributed by atoms with Crippen molar-refractivity contribution in [1.29, 1.82) is 0 Å². The van der Waals surface area contributed by atoms with Gasteiger partial charge in [0.2, 0.25) is 5.91 Å². The molecule has 0 spiro atoms. The number of rotatable bonds is 6. The van der Waals surface area contributed by atoms with E-state index in [9.17, 15) is 14.0 Å². The number of thiophene rings is 1. The van der Waals surface area contributed by atoms with E-state index in [0.717, 1.165) is 19.4 Å². The van der Waals surface area contributed by atoms with Gasteiger partial charge in [-0.25, -0.2) is 4.39 Å².